The molecule has 19 heavy (non-hydrogen) atoms. The summed E-state index contributed by atoms with van der Waals surface area (Å²) in [5, 5.41) is 2.83. The van der Waals surface area contributed by atoms with E-state index >= 15 is 0 Å². The summed E-state index contributed by atoms with van der Waals surface area (Å²) in [6, 6.07) is 3.37. The van der Waals surface area contributed by atoms with Crippen molar-refractivity contribution in [2.45, 2.75) is 44.4 Å². The molecule has 2 aromatic rings. The van der Waals surface area contributed by atoms with E-state index in [-0.39, 0.29) is 30.2 Å². The molecule has 1 N–H and O–H groups in total. The van der Waals surface area contributed by atoms with Crippen LogP contribution in [0.3, 0.4) is 0 Å². The smallest absolute Gasteiger partial charge is 0.271 e. The summed E-state index contributed by atoms with van der Waals surface area (Å²) in [6.07, 6.45) is -0.392. The number of aromatic nitrogens is 3. The van der Waals surface area contributed by atoms with Gasteiger partial charge in [-0.1, -0.05) is 13.8 Å². The zero-order chi connectivity index (χ0) is 13.8. The van der Waals surface area contributed by atoms with E-state index in [1.165, 1.54) is 4.52 Å². The highest BCUT2D eigenvalue weighted by Crippen LogP contribution is 2.47. The van der Waals surface area contributed by atoms with Crippen molar-refractivity contribution < 1.29 is 8.78 Å². The minimum atomic E-state index is -2.59. The first-order valence-electron chi connectivity index (χ1n) is 6.36. The highest BCUT2D eigenvalue weighted by Gasteiger charge is 2.47. The number of halogens is 2. The van der Waals surface area contributed by atoms with Crippen LogP contribution in [-0.2, 0) is 0 Å². The topological polar surface area (TPSA) is 50.2 Å². The van der Waals surface area contributed by atoms with Crippen LogP contribution in [0.1, 0.15) is 49.9 Å². The van der Waals surface area contributed by atoms with Crippen LogP contribution in [-0.4, -0.2) is 20.5 Å². The molecule has 0 spiro atoms. The van der Waals surface area contributed by atoms with Gasteiger partial charge >= 0.3 is 0 Å². The van der Waals surface area contributed by atoms with Crippen LogP contribution in [0.25, 0.3) is 5.65 Å². The van der Waals surface area contributed by atoms with Crippen LogP contribution in [0, 0.1) is 0 Å². The number of alkyl halides is 2. The van der Waals surface area contributed by atoms with Gasteiger partial charge in [0.05, 0.1) is 0 Å². The fourth-order valence-electron chi connectivity index (χ4n) is 2.40. The van der Waals surface area contributed by atoms with Crippen LogP contribution < -0.4 is 5.56 Å². The number of hydrogen-bond acceptors (Lipinski definition) is 2. The second-order valence-electron chi connectivity index (χ2n) is 5.55. The fourth-order valence-corrected chi connectivity index (χ4v) is 2.40. The molecule has 1 saturated carbocycles. The van der Waals surface area contributed by atoms with Crippen LogP contribution >= 0.6 is 0 Å². The molecule has 0 amide bonds. The quantitative estimate of drug-likeness (QED) is 0.909. The van der Waals surface area contributed by atoms with E-state index < -0.39 is 5.92 Å². The average molecular weight is 267 g/mol. The maximum absolute atomic E-state index is 12.9. The fraction of sp³-hybridized carbons (Fsp3) is 0.538. The molecule has 3 rings (SSSR count). The molecule has 0 bridgehead atoms. The van der Waals surface area contributed by atoms with Crippen molar-refractivity contribution in [3.05, 3.63) is 33.9 Å². The van der Waals surface area contributed by atoms with Gasteiger partial charge < -0.3 is 0 Å². The van der Waals surface area contributed by atoms with Gasteiger partial charge in [0, 0.05) is 24.8 Å². The molecule has 4 nitrogen and oxygen atoms in total. The van der Waals surface area contributed by atoms with Gasteiger partial charge in [-0.15, -0.1) is 0 Å². The van der Waals surface area contributed by atoms with Crippen molar-refractivity contribution in [2.75, 3.05) is 0 Å². The molecule has 1 aliphatic carbocycles. The summed E-state index contributed by atoms with van der Waals surface area (Å²) < 4.78 is 27.1. The number of pyridine rings is 1. The standard InChI is InChI=1S/C13H15F2N3O/c1-7(2)8-3-10-16-12(9-5-13(14,15)6-9)17-18(10)11(19)4-8/h3-4,7,9H,5-6H2,1-2H3,(H,16,17). The molecule has 0 saturated heterocycles. The molecular formula is C13H15F2N3O. The lowest BCUT2D eigenvalue weighted by Gasteiger charge is -2.33. The Morgan fingerprint density at radius 1 is 1.42 bits per heavy atom. The molecule has 0 atom stereocenters. The van der Waals surface area contributed by atoms with Crippen molar-refractivity contribution in [3.63, 3.8) is 0 Å². The highest BCUT2D eigenvalue weighted by molar-refractivity contribution is 5.42. The van der Waals surface area contributed by atoms with Crippen molar-refractivity contribution in [2.24, 2.45) is 0 Å². The van der Waals surface area contributed by atoms with Crippen LogP contribution in [0.15, 0.2) is 16.9 Å². The molecule has 2 aromatic heterocycles. The van der Waals surface area contributed by atoms with E-state index in [4.69, 9.17) is 0 Å². The van der Waals surface area contributed by atoms with Gasteiger partial charge in [-0.25, -0.2) is 18.3 Å². The molecule has 0 unspecified atom stereocenters. The monoisotopic (exact) mass is 267 g/mol. The van der Waals surface area contributed by atoms with Gasteiger partial charge in [-0.05, 0) is 17.5 Å². The second-order valence-corrected chi connectivity index (χ2v) is 5.55. The predicted molar refractivity (Wildman–Crippen MR) is 66.8 cm³/mol. The number of fused-ring (bicyclic) bond motifs is 1. The summed E-state index contributed by atoms with van der Waals surface area (Å²) in [4.78, 5) is 16.2. The molecule has 1 fully saturated rings. The maximum Gasteiger partial charge on any atom is 0.271 e. The van der Waals surface area contributed by atoms with Crippen molar-refractivity contribution in [1.29, 1.82) is 0 Å². The Labute approximate surface area is 108 Å². The Morgan fingerprint density at radius 3 is 2.68 bits per heavy atom. The molecule has 6 heteroatoms. The molecule has 1 aliphatic rings. The zero-order valence-corrected chi connectivity index (χ0v) is 10.8. The summed E-state index contributed by atoms with van der Waals surface area (Å²) in [6.45, 7) is 3.98. The lowest BCUT2D eigenvalue weighted by Crippen LogP contribution is -2.34. The number of nitrogens with one attached hydrogen (secondary N) is 1. The van der Waals surface area contributed by atoms with Crippen LogP contribution in [0.5, 0.6) is 0 Å². The predicted octanol–water partition coefficient (Wildman–Crippen LogP) is 2.66. The maximum atomic E-state index is 12.9. The Bertz CT molecular complexity index is 679. The summed E-state index contributed by atoms with van der Waals surface area (Å²) in [5.41, 5.74) is 1.20. The molecule has 0 radical (unpaired) electrons. The summed E-state index contributed by atoms with van der Waals surface area (Å²) in [7, 11) is 0. The molecule has 2 heterocycles. The first-order chi connectivity index (χ1) is 8.85. The van der Waals surface area contributed by atoms with Gasteiger partial charge in [-0.2, -0.15) is 0 Å². The summed E-state index contributed by atoms with van der Waals surface area (Å²) >= 11 is 0. The summed E-state index contributed by atoms with van der Waals surface area (Å²) in [5.74, 6) is -2.16. The normalized spacial score (nSPS) is 19.0. The van der Waals surface area contributed by atoms with Gasteiger partial charge in [0.1, 0.15) is 5.82 Å². The second kappa shape index (κ2) is 3.88. The first-order valence-corrected chi connectivity index (χ1v) is 6.36. The molecular weight excluding hydrogens is 252 g/mol. The SMILES string of the molecule is CC(C)c1cc(=O)n2[nH]c(C3CC(F)(F)C3)nc2c1. The van der Waals surface area contributed by atoms with Gasteiger partial charge in [0.25, 0.3) is 5.56 Å². The van der Waals surface area contributed by atoms with Crippen molar-refractivity contribution in [3.8, 4) is 0 Å². The lowest BCUT2D eigenvalue weighted by molar-refractivity contribution is -0.0884. The Hall–Kier alpha value is -1.72. The third kappa shape index (κ3) is 2.05. The Kier molecular flexibility index (Phi) is 2.52. The molecule has 0 aliphatic heterocycles. The third-order valence-corrected chi connectivity index (χ3v) is 3.64. The average Bonchev–Trinajstić information content (AvgIpc) is 2.69. The van der Waals surface area contributed by atoms with Crippen molar-refractivity contribution in [1.82, 2.24) is 14.6 Å². The van der Waals surface area contributed by atoms with E-state index in [2.05, 4.69) is 10.1 Å². The zero-order valence-electron chi connectivity index (χ0n) is 10.8. The largest absolute Gasteiger partial charge is 0.276 e. The van der Waals surface area contributed by atoms with Gasteiger partial charge in [0.15, 0.2) is 5.65 Å². The molecule has 102 valence electrons. The third-order valence-electron chi connectivity index (χ3n) is 3.64. The minimum absolute atomic E-state index is 0.196. The number of rotatable bonds is 2. The lowest BCUT2D eigenvalue weighted by atomic mass is 9.81. The minimum Gasteiger partial charge on any atom is -0.276 e. The van der Waals surface area contributed by atoms with Gasteiger partial charge in [-0.3, -0.25) is 9.89 Å². The highest BCUT2D eigenvalue weighted by atomic mass is 19.3. The van der Waals surface area contributed by atoms with Crippen LogP contribution in [0.4, 0.5) is 8.78 Å². The van der Waals surface area contributed by atoms with E-state index in [1.807, 2.05) is 19.9 Å². The number of H-pyrrole nitrogens is 1. The van der Waals surface area contributed by atoms with Gasteiger partial charge in [0.2, 0.25) is 5.92 Å². The van der Waals surface area contributed by atoms with E-state index in [1.54, 1.807) is 6.07 Å². The van der Waals surface area contributed by atoms with Crippen LogP contribution in [0.2, 0.25) is 0 Å². The van der Waals surface area contributed by atoms with E-state index in [0.29, 0.717) is 11.5 Å². The van der Waals surface area contributed by atoms with E-state index in [0.717, 1.165) is 5.56 Å². The molecule has 0 aromatic carbocycles. The van der Waals surface area contributed by atoms with E-state index in [9.17, 15) is 13.6 Å². The number of nitrogens with zero attached hydrogens (tertiary/aromatic N) is 2. The number of aromatic amines is 1. The van der Waals surface area contributed by atoms with Crippen molar-refractivity contribution >= 4 is 5.65 Å². The first kappa shape index (κ1) is 12.3. The Morgan fingerprint density at radius 2 is 2.11 bits per heavy atom. The number of hydrogen-bond donors (Lipinski definition) is 1. The Balaban J connectivity index is 2.02.